The van der Waals surface area contributed by atoms with Crippen LogP contribution in [0, 0.1) is 17.0 Å². The van der Waals surface area contributed by atoms with Crippen LogP contribution >= 0.6 is 0 Å². The Labute approximate surface area is 104 Å². The van der Waals surface area contributed by atoms with Crippen LogP contribution in [0.15, 0.2) is 42.6 Å². The Bertz CT molecular complexity index is 555. The van der Waals surface area contributed by atoms with E-state index in [0.717, 1.165) is 11.3 Å². The maximum Gasteiger partial charge on any atom is 0.269 e. The molecule has 2 rings (SSSR count). The van der Waals surface area contributed by atoms with Crippen LogP contribution in [-0.2, 0) is 6.61 Å². The van der Waals surface area contributed by atoms with Crippen LogP contribution in [0.1, 0.15) is 11.3 Å². The summed E-state index contributed by atoms with van der Waals surface area (Å²) >= 11 is 0. The Balaban J connectivity index is 2.08. The highest BCUT2D eigenvalue weighted by atomic mass is 16.6. The molecule has 0 N–H and O–H groups in total. The van der Waals surface area contributed by atoms with Crippen LogP contribution in [0.2, 0.25) is 0 Å². The fraction of sp³-hybridized carbons (Fsp3) is 0.154. The quantitative estimate of drug-likeness (QED) is 0.612. The largest absolute Gasteiger partial charge is 0.487 e. The van der Waals surface area contributed by atoms with E-state index in [0.29, 0.717) is 12.4 Å². The predicted molar refractivity (Wildman–Crippen MR) is 66.4 cm³/mol. The summed E-state index contributed by atoms with van der Waals surface area (Å²) in [5.74, 6) is 0.631. The molecule has 2 aromatic rings. The standard InChI is InChI=1S/C13H12N2O3/c1-10-8-12(15(16)17)5-6-13(10)18-9-11-4-2-3-7-14-11/h2-8H,9H2,1H3. The zero-order chi connectivity index (χ0) is 13.0. The fourth-order valence-corrected chi connectivity index (χ4v) is 1.54. The molecule has 0 saturated carbocycles. The average Bonchev–Trinajstić information content (AvgIpc) is 2.38. The van der Waals surface area contributed by atoms with Gasteiger partial charge in [0.1, 0.15) is 12.4 Å². The molecule has 0 amide bonds. The Morgan fingerprint density at radius 1 is 1.33 bits per heavy atom. The van der Waals surface area contributed by atoms with Gasteiger partial charge >= 0.3 is 0 Å². The van der Waals surface area contributed by atoms with Crippen molar-refractivity contribution < 1.29 is 9.66 Å². The molecule has 0 spiro atoms. The third-order valence-electron chi connectivity index (χ3n) is 2.47. The molecule has 1 aromatic heterocycles. The zero-order valence-corrected chi connectivity index (χ0v) is 9.87. The van der Waals surface area contributed by atoms with Crippen LogP contribution in [0.25, 0.3) is 0 Å². The topological polar surface area (TPSA) is 65.3 Å². The van der Waals surface area contributed by atoms with Gasteiger partial charge in [-0.2, -0.15) is 0 Å². The maximum absolute atomic E-state index is 10.6. The molecule has 1 heterocycles. The number of pyridine rings is 1. The molecule has 1 aromatic carbocycles. The number of hydrogen-bond donors (Lipinski definition) is 0. The summed E-state index contributed by atoms with van der Waals surface area (Å²) in [5, 5.41) is 10.6. The van der Waals surface area contributed by atoms with Crippen molar-refractivity contribution in [2.75, 3.05) is 0 Å². The van der Waals surface area contributed by atoms with Gasteiger partial charge in [0.05, 0.1) is 10.6 Å². The van der Waals surface area contributed by atoms with E-state index in [1.165, 1.54) is 12.1 Å². The smallest absolute Gasteiger partial charge is 0.269 e. The molecule has 0 bridgehead atoms. The van der Waals surface area contributed by atoms with Gasteiger partial charge in [-0.1, -0.05) is 6.07 Å². The van der Waals surface area contributed by atoms with Gasteiger partial charge in [-0.05, 0) is 30.7 Å². The fourth-order valence-electron chi connectivity index (χ4n) is 1.54. The lowest BCUT2D eigenvalue weighted by atomic mass is 10.2. The van der Waals surface area contributed by atoms with E-state index in [4.69, 9.17) is 4.74 Å². The molecule has 92 valence electrons. The number of nitro benzene ring substituents is 1. The normalized spacial score (nSPS) is 10.1. The molecule has 0 aliphatic carbocycles. The second-order valence-corrected chi connectivity index (χ2v) is 3.82. The summed E-state index contributed by atoms with van der Waals surface area (Å²) in [6.45, 7) is 2.13. The van der Waals surface area contributed by atoms with Gasteiger partial charge in [0.15, 0.2) is 0 Å². The van der Waals surface area contributed by atoms with Crippen molar-refractivity contribution in [3.63, 3.8) is 0 Å². The molecule has 0 saturated heterocycles. The first-order valence-corrected chi connectivity index (χ1v) is 5.44. The summed E-state index contributed by atoms with van der Waals surface area (Å²) < 4.78 is 5.57. The minimum Gasteiger partial charge on any atom is -0.487 e. The van der Waals surface area contributed by atoms with Crippen molar-refractivity contribution in [3.05, 3.63) is 64.0 Å². The molecule has 5 nitrogen and oxygen atoms in total. The van der Waals surface area contributed by atoms with Gasteiger partial charge in [-0.3, -0.25) is 15.1 Å². The van der Waals surface area contributed by atoms with E-state index >= 15 is 0 Å². The number of benzene rings is 1. The van der Waals surface area contributed by atoms with Crippen molar-refractivity contribution >= 4 is 5.69 Å². The van der Waals surface area contributed by atoms with E-state index in [1.807, 2.05) is 18.2 Å². The monoisotopic (exact) mass is 244 g/mol. The highest BCUT2D eigenvalue weighted by molar-refractivity contribution is 5.42. The molecule has 0 atom stereocenters. The molecule has 0 aliphatic heterocycles. The summed E-state index contributed by atoms with van der Waals surface area (Å²) in [4.78, 5) is 14.3. The first-order chi connectivity index (χ1) is 8.66. The number of aryl methyl sites for hydroxylation is 1. The third kappa shape index (κ3) is 2.82. The number of non-ortho nitro benzene ring substituents is 1. The molecular formula is C13H12N2O3. The lowest BCUT2D eigenvalue weighted by Gasteiger charge is -2.08. The van der Waals surface area contributed by atoms with Gasteiger partial charge in [-0.25, -0.2) is 0 Å². The Morgan fingerprint density at radius 3 is 2.78 bits per heavy atom. The second kappa shape index (κ2) is 5.27. The van der Waals surface area contributed by atoms with Crippen molar-refractivity contribution in [3.8, 4) is 5.75 Å². The minimum atomic E-state index is -0.421. The van der Waals surface area contributed by atoms with E-state index in [-0.39, 0.29) is 5.69 Å². The lowest BCUT2D eigenvalue weighted by Crippen LogP contribution is -1.99. The van der Waals surface area contributed by atoms with Gasteiger partial charge in [-0.15, -0.1) is 0 Å². The molecule has 5 heteroatoms. The Hall–Kier alpha value is -2.43. The number of ether oxygens (including phenoxy) is 1. The van der Waals surface area contributed by atoms with Crippen LogP contribution in [0.3, 0.4) is 0 Å². The Kier molecular flexibility index (Phi) is 3.52. The van der Waals surface area contributed by atoms with Gasteiger partial charge in [0, 0.05) is 18.3 Å². The number of hydrogen-bond acceptors (Lipinski definition) is 4. The van der Waals surface area contributed by atoms with Gasteiger partial charge in [0.2, 0.25) is 0 Å². The molecule has 0 aliphatic rings. The number of nitrogens with zero attached hydrogens (tertiary/aromatic N) is 2. The molecular weight excluding hydrogens is 232 g/mol. The molecule has 18 heavy (non-hydrogen) atoms. The van der Waals surface area contributed by atoms with Crippen molar-refractivity contribution in [2.24, 2.45) is 0 Å². The molecule has 0 radical (unpaired) electrons. The first kappa shape index (κ1) is 12.0. The highest BCUT2D eigenvalue weighted by Gasteiger charge is 2.08. The van der Waals surface area contributed by atoms with E-state index in [9.17, 15) is 10.1 Å². The van der Waals surface area contributed by atoms with Crippen molar-refractivity contribution in [1.29, 1.82) is 0 Å². The Morgan fingerprint density at radius 2 is 2.17 bits per heavy atom. The van der Waals surface area contributed by atoms with Crippen LogP contribution in [0.4, 0.5) is 5.69 Å². The summed E-state index contributed by atoms with van der Waals surface area (Å²) in [6.07, 6.45) is 1.70. The summed E-state index contributed by atoms with van der Waals surface area (Å²) in [6, 6.07) is 10.1. The van der Waals surface area contributed by atoms with Crippen LogP contribution < -0.4 is 4.74 Å². The predicted octanol–water partition coefficient (Wildman–Crippen LogP) is 2.88. The second-order valence-electron chi connectivity index (χ2n) is 3.82. The number of nitro groups is 1. The first-order valence-electron chi connectivity index (χ1n) is 5.44. The van der Waals surface area contributed by atoms with E-state index in [2.05, 4.69) is 4.98 Å². The summed E-state index contributed by atoms with van der Waals surface area (Å²) in [5.41, 5.74) is 1.62. The average molecular weight is 244 g/mol. The van der Waals surface area contributed by atoms with E-state index in [1.54, 1.807) is 19.2 Å². The third-order valence-corrected chi connectivity index (χ3v) is 2.47. The van der Waals surface area contributed by atoms with Crippen molar-refractivity contribution in [1.82, 2.24) is 4.98 Å². The molecule has 0 unspecified atom stereocenters. The maximum atomic E-state index is 10.6. The molecule has 0 fully saturated rings. The highest BCUT2D eigenvalue weighted by Crippen LogP contribution is 2.23. The SMILES string of the molecule is Cc1cc([N+](=O)[O-])ccc1OCc1ccccn1. The van der Waals surface area contributed by atoms with Gasteiger partial charge in [0.25, 0.3) is 5.69 Å². The van der Waals surface area contributed by atoms with Gasteiger partial charge < -0.3 is 4.74 Å². The number of rotatable bonds is 4. The zero-order valence-electron chi connectivity index (χ0n) is 9.87. The van der Waals surface area contributed by atoms with Crippen molar-refractivity contribution in [2.45, 2.75) is 13.5 Å². The number of aromatic nitrogens is 1. The van der Waals surface area contributed by atoms with Crippen LogP contribution in [0.5, 0.6) is 5.75 Å². The van der Waals surface area contributed by atoms with Crippen LogP contribution in [-0.4, -0.2) is 9.91 Å². The summed E-state index contributed by atoms with van der Waals surface area (Å²) in [7, 11) is 0. The lowest BCUT2D eigenvalue weighted by molar-refractivity contribution is -0.384. The minimum absolute atomic E-state index is 0.0673. The van der Waals surface area contributed by atoms with E-state index < -0.39 is 4.92 Å².